The van der Waals surface area contributed by atoms with Crippen molar-refractivity contribution in [3.63, 3.8) is 0 Å². The molecule has 3 heteroatoms. The third kappa shape index (κ3) is 3.72. The summed E-state index contributed by atoms with van der Waals surface area (Å²) in [6, 6.07) is 4.38. The molecule has 20 heavy (non-hydrogen) atoms. The third-order valence-electron chi connectivity index (χ3n) is 4.13. The fourth-order valence-corrected chi connectivity index (χ4v) is 2.95. The lowest BCUT2D eigenvalue weighted by Gasteiger charge is -2.38. The van der Waals surface area contributed by atoms with E-state index in [-0.39, 0.29) is 11.4 Å². The van der Waals surface area contributed by atoms with Crippen LogP contribution >= 0.6 is 0 Å². The molecule has 0 saturated carbocycles. The van der Waals surface area contributed by atoms with Crippen molar-refractivity contribution >= 4 is 0 Å². The molecule has 2 atom stereocenters. The number of hydrogen-bond acceptors (Lipinski definition) is 2. The molecule has 2 nitrogen and oxygen atoms in total. The molecular formula is C17H25FO2. The van der Waals surface area contributed by atoms with Gasteiger partial charge in [0.25, 0.3) is 0 Å². The number of rotatable bonds is 6. The molecule has 0 spiro atoms. The van der Waals surface area contributed by atoms with E-state index in [9.17, 15) is 9.50 Å². The molecule has 1 aliphatic rings. The normalized spacial score (nSPS) is 25.1. The first-order chi connectivity index (χ1) is 9.54. The van der Waals surface area contributed by atoms with Crippen molar-refractivity contribution in [1.29, 1.82) is 0 Å². The highest BCUT2D eigenvalue weighted by molar-refractivity contribution is 5.38. The molecule has 0 amide bonds. The largest absolute Gasteiger partial charge is 0.487 e. The van der Waals surface area contributed by atoms with Crippen LogP contribution in [0, 0.1) is 5.82 Å². The minimum atomic E-state index is -0.556. The van der Waals surface area contributed by atoms with Gasteiger partial charge in [-0.2, -0.15) is 0 Å². The number of hydrogen-bond donors (Lipinski definition) is 1. The van der Waals surface area contributed by atoms with Crippen molar-refractivity contribution in [3.8, 4) is 5.75 Å². The van der Waals surface area contributed by atoms with Crippen LogP contribution in [-0.4, -0.2) is 10.7 Å². The van der Waals surface area contributed by atoms with E-state index in [0.717, 1.165) is 12.8 Å². The molecule has 0 aliphatic carbocycles. The van der Waals surface area contributed by atoms with Gasteiger partial charge in [-0.05, 0) is 31.9 Å². The number of fused-ring (bicyclic) bond motifs is 1. The highest BCUT2D eigenvalue weighted by atomic mass is 19.1. The van der Waals surface area contributed by atoms with E-state index in [1.807, 2.05) is 6.92 Å². The molecule has 0 fully saturated rings. The molecular weight excluding hydrogens is 255 g/mol. The third-order valence-corrected chi connectivity index (χ3v) is 4.13. The summed E-state index contributed by atoms with van der Waals surface area (Å²) in [4.78, 5) is 0. The van der Waals surface area contributed by atoms with E-state index in [1.54, 1.807) is 6.07 Å². The Morgan fingerprint density at radius 3 is 2.80 bits per heavy atom. The van der Waals surface area contributed by atoms with Gasteiger partial charge >= 0.3 is 0 Å². The van der Waals surface area contributed by atoms with Gasteiger partial charge in [0.2, 0.25) is 0 Å². The molecule has 2 rings (SSSR count). The second-order valence-electron chi connectivity index (χ2n) is 6.12. The number of aliphatic hydroxyl groups excluding tert-OH is 1. The summed E-state index contributed by atoms with van der Waals surface area (Å²) in [7, 11) is 0. The first kappa shape index (κ1) is 15.3. The van der Waals surface area contributed by atoms with E-state index < -0.39 is 6.10 Å². The molecule has 1 unspecified atom stereocenters. The van der Waals surface area contributed by atoms with Gasteiger partial charge in [-0.3, -0.25) is 0 Å². The van der Waals surface area contributed by atoms with Gasteiger partial charge in [0.1, 0.15) is 17.2 Å². The first-order valence-electron chi connectivity index (χ1n) is 7.70. The maximum Gasteiger partial charge on any atom is 0.128 e. The Morgan fingerprint density at radius 1 is 1.30 bits per heavy atom. The second kappa shape index (κ2) is 6.57. The van der Waals surface area contributed by atoms with Gasteiger partial charge in [0, 0.05) is 18.1 Å². The smallest absolute Gasteiger partial charge is 0.128 e. The summed E-state index contributed by atoms with van der Waals surface area (Å²) in [6.07, 6.45) is 6.98. The maximum atomic E-state index is 13.3. The minimum Gasteiger partial charge on any atom is -0.487 e. The van der Waals surface area contributed by atoms with Crippen molar-refractivity contribution in [3.05, 3.63) is 29.6 Å². The van der Waals surface area contributed by atoms with Crippen LogP contribution in [0.15, 0.2) is 18.2 Å². The van der Waals surface area contributed by atoms with E-state index >= 15 is 0 Å². The number of benzene rings is 1. The fourth-order valence-electron chi connectivity index (χ4n) is 2.95. The number of ether oxygens (including phenoxy) is 1. The van der Waals surface area contributed by atoms with E-state index in [2.05, 4.69) is 6.92 Å². The standard InChI is InChI=1S/C17H25FO2/c1-3-4-5-6-7-10-17(2)12-15(19)14-9-8-13(18)11-16(14)20-17/h8-9,11,15,19H,3-7,10,12H2,1-2H3/t15-,17?/m1/s1. The molecule has 112 valence electrons. The Balaban J connectivity index is 1.97. The zero-order valence-electron chi connectivity index (χ0n) is 12.5. The van der Waals surface area contributed by atoms with Crippen LogP contribution in [0.25, 0.3) is 0 Å². The maximum absolute atomic E-state index is 13.3. The summed E-state index contributed by atoms with van der Waals surface area (Å²) < 4.78 is 19.3. The molecule has 1 aromatic rings. The Labute approximate surface area is 121 Å². The average Bonchev–Trinajstić information content (AvgIpc) is 2.37. The van der Waals surface area contributed by atoms with Crippen molar-refractivity contribution < 1.29 is 14.2 Å². The van der Waals surface area contributed by atoms with Gasteiger partial charge in [-0.25, -0.2) is 4.39 Å². The topological polar surface area (TPSA) is 29.5 Å². The quantitative estimate of drug-likeness (QED) is 0.761. The summed E-state index contributed by atoms with van der Waals surface area (Å²) >= 11 is 0. The van der Waals surface area contributed by atoms with Crippen LogP contribution < -0.4 is 4.74 Å². The van der Waals surface area contributed by atoms with Crippen molar-refractivity contribution in [1.82, 2.24) is 0 Å². The van der Waals surface area contributed by atoms with Crippen LogP contribution in [0.1, 0.15) is 70.5 Å². The summed E-state index contributed by atoms with van der Waals surface area (Å²) in [5.74, 6) is 0.183. The lowest BCUT2D eigenvalue weighted by molar-refractivity contribution is -0.00877. The molecule has 1 heterocycles. The van der Waals surface area contributed by atoms with Crippen molar-refractivity contribution in [2.24, 2.45) is 0 Å². The molecule has 1 aromatic carbocycles. The molecule has 1 aliphatic heterocycles. The van der Waals surface area contributed by atoms with Crippen molar-refractivity contribution in [2.45, 2.75) is 70.5 Å². The zero-order chi connectivity index (χ0) is 14.6. The van der Waals surface area contributed by atoms with Crippen molar-refractivity contribution in [2.75, 3.05) is 0 Å². The Kier molecular flexibility index (Phi) is 5.03. The Morgan fingerprint density at radius 2 is 2.05 bits per heavy atom. The van der Waals surface area contributed by atoms with Gasteiger partial charge in [0.05, 0.1) is 6.10 Å². The van der Waals surface area contributed by atoms with Crippen LogP contribution in [0.2, 0.25) is 0 Å². The summed E-state index contributed by atoms with van der Waals surface area (Å²) in [5, 5.41) is 10.2. The van der Waals surface area contributed by atoms with Gasteiger partial charge in [-0.15, -0.1) is 0 Å². The summed E-state index contributed by atoms with van der Waals surface area (Å²) in [5.41, 5.74) is 0.321. The molecule has 1 N–H and O–H groups in total. The average molecular weight is 280 g/mol. The Hall–Kier alpha value is -1.09. The molecule has 0 radical (unpaired) electrons. The minimum absolute atomic E-state index is 0.317. The van der Waals surface area contributed by atoms with Crippen LogP contribution in [0.3, 0.4) is 0 Å². The Bertz CT molecular complexity index is 447. The van der Waals surface area contributed by atoms with Gasteiger partial charge in [-0.1, -0.05) is 32.6 Å². The SMILES string of the molecule is CCCCCCCC1(C)C[C@@H](O)c2ccc(F)cc2O1. The monoisotopic (exact) mass is 280 g/mol. The van der Waals surface area contributed by atoms with E-state index in [1.165, 1.54) is 37.8 Å². The lowest BCUT2D eigenvalue weighted by atomic mass is 9.86. The fraction of sp³-hybridized carbons (Fsp3) is 0.647. The predicted molar refractivity (Wildman–Crippen MR) is 78.4 cm³/mol. The van der Waals surface area contributed by atoms with Crippen LogP contribution in [0.4, 0.5) is 4.39 Å². The second-order valence-corrected chi connectivity index (χ2v) is 6.12. The zero-order valence-corrected chi connectivity index (χ0v) is 12.5. The van der Waals surface area contributed by atoms with Gasteiger partial charge < -0.3 is 9.84 Å². The number of unbranched alkanes of at least 4 members (excludes halogenated alkanes) is 4. The molecule has 0 aromatic heterocycles. The van der Waals surface area contributed by atoms with Crippen LogP contribution in [0.5, 0.6) is 5.75 Å². The van der Waals surface area contributed by atoms with E-state index in [0.29, 0.717) is 17.7 Å². The molecule has 0 bridgehead atoms. The first-order valence-corrected chi connectivity index (χ1v) is 7.70. The number of aliphatic hydroxyl groups is 1. The molecule has 0 saturated heterocycles. The van der Waals surface area contributed by atoms with Gasteiger partial charge in [0.15, 0.2) is 0 Å². The highest BCUT2D eigenvalue weighted by Crippen LogP contribution is 2.41. The predicted octanol–water partition coefficient (Wildman–Crippen LogP) is 4.76. The summed E-state index contributed by atoms with van der Waals surface area (Å²) in [6.45, 7) is 4.22. The highest BCUT2D eigenvalue weighted by Gasteiger charge is 2.36. The number of halogens is 1. The van der Waals surface area contributed by atoms with E-state index in [4.69, 9.17) is 4.74 Å². The lowest BCUT2D eigenvalue weighted by Crippen LogP contribution is -2.38. The van der Waals surface area contributed by atoms with Crippen LogP contribution in [-0.2, 0) is 0 Å².